The molecule has 4 rings (SSSR count). The minimum absolute atomic E-state index is 0.356. The van der Waals surface area contributed by atoms with Crippen molar-refractivity contribution < 1.29 is 4.74 Å². The number of hydrogen-bond donors (Lipinski definition) is 0. The first-order chi connectivity index (χ1) is 10.9. The number of ether oxygens (including phenoxy) is 1. The summed E-state index contributed by atoms with van der Waals surface area (Å²) in [5, 5.41) is 0. The molecule has 1 unspecified atom stereocenters. The molecular weight excluding hydrogens is 294 g/mol. The largest absolute Gasteiger partial charge is 0.463 e. The lowest BCUT2D eigenvalue weighted by Crippen LogP contribution is -2.22. The molecule has 2 bridgehead atoms. The Morgan fingerprint density at radius 1 is 1.23 bits per heavy atom. The van der Waals surface area contributed by atoms with Gasteiger partial charge in [-0.1, -0.05) is 30.0 Å². The Labute approximate surface area is 134 Å². The van der Waals surface area contributed by atoms with Crippen molar-refractivity contribution in [3.8, 4) is 17.7 Å². The monoisotopic (exact) mass is 311 g/mol. The highest BCUT2D eigenvalue weighted by Gasteiger charge is 2.41. The summed E-state index contributed by atoms with van der Waals surface area (Å²) in [7, 11) is 0. The summed E-state index contributed by atoms with van der Waals surface area (Å²) in [6.45, 7) is 3.89. The molecule has 0 aliphatic carbocycles. The second kappa shape index (κ2) is 6.07. The maximum absolute atomic E-state index is 5.76. The fourth-order valence-electron chi connectivity index (χ4n) is 3.37. The Hall–Kier alpha value is -1.90. The lowest BCUT2D eigenvalue weighted by Gasteiger charge is -2.20. The molecular formula is C17H17N3OS. The first-order valence-electron chi connectivity index (χ1n) is 7.61. The molecule has 1 aromatic carbocycles. The maximum Gasteiger partial charge on any atom is 0.250 e. The second-order valence-electron chi connectivity index (χ2n) is 5.83. The molecule has 5 heteroatoms. The summed E-state index contributed by atoms with van der Waals surface area (Å²) < 4.78 is 14.6. The predicted octanol–water partition coefficient (Wildman–Crippen LogP) is 2.39. The average Bonchev–Trinajstić information content (AvgIpc) is 3.28. The van der Waals surface area contributed by atoms with Gasteiger partial charge in [-0.15, -0.1) is 4.37 Å². The third-order valence-electron chi connectivity index (χ3n) is 4.45. The molecule has 0 saturated carbocycles. The SMILES string of the molecule is C(#Cc1ccccc1)COc1nsnc1[C@H]1CN2CC[C@@H]1C2. The first-order valence-corrected chi connectivity index (χ1v) is 8.35. The summed E-state index contributed by atoms with van der Waals surface area (Å²) in [6, 6.07) is 9.94. The van der Waals surface area contributed by atoms with Crippen molar-refractivity contribution >= 4 is 11.7 Å². The van der Waals surface area contributed by atoms with E-state index in [2.05, 4.69) is 25.5 Å². The number of hydrogen-bond acceptors (Lipinski definition) is 5. The van der Waals surface area contributed by atoms with Gasteiger partial charge in [-0.05, 0) is 31.0 Å². The number of benzene rings is 1. The lowest BCUT2D eigenvalue weighted by molar-refractivity contribution is 0.323. The van der Waals surface area contributed by atoms with E-state index in [4.69, 9.17) is 4.74 Å². The Bertz CT molecular complexity index is 703. The van der Waals surface area contributed by atoms with Crippen LogP contribution in [0, 0.1) is 17.8 Å². The van der Waals surface area contributed by atoms with Crippen LogP contribution in [0.15, 0.2) is 30.3 Å². The van der Waals surface area contributed by atoms with Gasteiger partial charge in [0.1, 0.15) is 5.69 Å². The van der Waals surface area contributed by atoms with E-state index in [9.17, 15) is 0 Å². The average molecular weight is 311 g/mol. The number of rotatable bonds is 3. The van der Waals surface area contributed by atoms with Gasteiger partial charge in [0.05, 0.1) is 11.7 Å². The molecule has 3 heterocycles. The topological polar surface area (TPSA) is 38.3 Å². The normalized spacial score (nSPS) is 25.7. The molecule has 2 aliphatic heterocycles. The fraction of sp³-hybridized carbons (Fsp3) is 0.412. The number of piperidine rings is 1. The van der Waals surface area contributed by atoms with Crippen molar-refractivity contribution in [1.82, 2.24) is 13.6 Å². The summed E-state index contributed by atoms with van der Waals surface area (Å²) in [6.07, 6.45) is 1.27. The van der Waals surface area contributed by atoms with Gasteiger partial charge in [-0.3, -0.25) is 0 Å². The minimum atomic E-state index is 0.356. The van der Waals surface area contributed by atoms with Crippen molar-refractivity contribution in [3.05, 3.63) is 41.6 Å². The molecule has 2 saturated heterocycles. The van der Waals surface area contributed by atoms with Crippen LogP contribution in [0.5, 0.6) is 5.88 Å². The van der Waals surface area contributed by atoms with Crippen LogP contribution in [0.4, 0.5) is 0 Å². The summed E-state index contributed by atoms with van der Waals surface area (Å²) in [5.41, 5.74) is 2.04. The standard InChI is InChI=1S/C17H17N3OS/c1-2-5-13(6-3-1)7-4-10-21-17-16(18-22-19-17)15-12-20-9-8-14(15)11-20/h1-3,5-6,14-15H,8-12H2/t14-,15+/m1/s1. The van der Waals surface area contributed by atoms with Gasteiger partial charge >= 0.3 is 0 Å². The van der Waals surface area contributed by atoms with Gasteiger partial charge in [0.2, 0.25) is 5.88 Å². The van der Waals surface area contributed by atoms with Crippen LogP contribution in [0.25, 0.3) is 0 Å². The van der Waals surface area contributed by atoms with E-state index in [0.29, 0.717) is 18.4 Å². The highest BCUT2D eigenvalue weighted by atomic mass is 32.1. The Morgan fingerprint density at radius 2 is 2.14 bits per heavy atom. The van der Waals surface area contributed by atoms with E-state index < -0.39 is 0 Å². The van der Waals surface area contributed by atoms with E-state index >= 15 is 0 Å². The second-order valence-corrected chi connectivity index (χ2v) is 6.35. The van der Waals surface area contributed by atoms with E-state index in [-0.39, 0.29) is 0 Å². The van der Waals surface area contributed by atoms with Crippen LogP contribution in [-0.2, 0) is 0 Å². The zero-order valence-electron chi connectivity index (χ0n) is 12.2. The van der Waals surface area contributed by atoms with E-state index in [1.807, 2.05) is 30.3 Å². The summed E-state index contributed by atoms with van der Waals surface area (Å²) >= 11 is 1.24. The van der Waals surface area contributed by atoms with Crippen molar-refractivity contribution in [1.29, 1.82) is 0 Å². The van der Waals surface area contributed by atoms with Crippen LogP contribution in [0.2, 0.25) is 0 Å². The molecule has 1 aromatic heterocycles. The Balaban J connectivity index is 1.40. The highest BCUT2D eigenvalue weighted by Crippen LogP contribution is 2.41. The number of aromatic nitrogens is 2. The van der Waals surface area contributed by atoms with Gasteiger partial charge in [0.25, 0.3) is 0 Å². The van der Waals surface area contributed by atoms with Crippen LogP contribution < -0.4 is 4.74 Å². The van der Waals surface area contributed by atoms with Crippen molar-refractivity contribution in [2.75, 3.05) is 26.2 Å². The summed E-state index contributed by atoms with van der Waals surface area (Å²) in [4.78, 5) is 2.51. The zero-order valence-corrected chi connectivity index (χ0v) is 13.1. The molecule has 3 atom stereocenters. The Kier molecular flexibility index (Phi) is 3.79. The van der Waals surface area contributed by atoms with Crippen LogP contribution in [0.1, 0.15) is 23.6 Å². The highest BCUT2D eigenvalue weighted by molar-refractivity contribution is 6.99. The minimum Gasteiger partial charge on any atom is -0.463 e. The molecule has 0 radical (unpaired) electrons. The molecule has 2 aliphatic rings. The van der Waals surface area contributed by atoms with Crippen LogP contribution >= 0.6 is 11.7 Å². The zero-order chi connectivity index (χ0) is 14.8. The van der Waals surface area contributed by atoms with E-state index in [0.717, 1.165) is 23.7 Å². The van der Waals surface area contributed by atoms with Gasteiger partial charge in [-0.25, -0.2) is 0 Å². The molecule has 22 heavy (non-hydrogen) atoms. The first kappa shape index (κ1) is 13.7. The number of fused-ring (bicyclic) bond motifs is 2. The molecule has 112 valence electrons. The molecule has 2 aromatic rings. The van der Waals surface area contributed by atoms with E-state index in [1.165, 1.54) is 31.2 Å². The van der Waals surface area contributed by atoms with Crippen molar-refractivity contribution in [2.24, 2.45) is 5.92 Å². The van der Waals surface area contributed by atoms with Crippen molar-refractivity contribution in [3.63, 3.8) is 0 Å². The molecule has 4 nitrogen and oxygen atoms in total. The van der Waals surface area contributed by atoms with Crippen LogP contribution in [-0.4, -0.2) is 39.9 Å². The fourth-order valence-corrected chi connectivity index (χ4v) is 3.93. The van der Waals surface area contributed by atoms with Crippen molar-refractivity contribution in [2.45, 2.75) is 12.3 Å². The molecule has 2 fully saturated rings. The maximum atomic E-state index is 5.76. The van der Waals surface area contributed by atoms with Gasteiger partial charge in [0, 0.05) is 24.6 Å². The molecule has 0 amide bonds. The number of nitrogens with zero attached hydrogens (tertiary/aromatic N) is 3. The third kappa shape index (κ3) is 2.72. The van der Waals surface area contributed by atoms with Gasteiger partial charge < -0.3 is 9.64 Å². The lowest BCUT2D eigenvalue weighted by atomic mass is 9.90. The predicted molar refractivity (Wildman–Crippen MR) is 86.0 cm³/mol. The smallest absolute Gasteiger partial charge is 0.250 e. The molecule has 0 N–H and O–H groups in total. The Morgan fingerprint density at radius 3 is 2.91 bits per heavy atom. The van der Waals surface area contributed by atoms with E-state index in [1.54, 1.807) is 0 Å². The van der Waals surface area contributed by atoms with Crippen LogP contribution in [0.3, 0.4) is 0 Å². The van der Waals surface area contributed by atoms with Gasteiger partial charge in [-0.2, -0.15) is 4.37 Å². The summed E-state index contributed by atoms with van der Waals surface area (Å²) in [5.74, 6) is 8.04. The quantitative estimate of drug-likeness (QED) is 0.816. The molecule has 0 spiro atoms. The van der Waals surface area contributed by atoms with Gasteiger partial charge in [0.15, 0.2) is 6.61 Å². The third-order valence-corrected chi connectivity index (χ3v) is 4.98.